The predicted octanol–water partition coefficient (Wildman–Crippen LogP) is 10.3. The number of rotatable bonds is 12. The second-order valence-electron chi connectivity index (χ2n) is 20.2. The molecule has 3 saturated carbocycles. The second-order valence-corrected chi connectivity index (χ2v) is 21.0. The minimum Gasteiger partial charge on any atom is -0.371 e. The van der Waals surface area contributed by atoms with Crippen molar-refractivity contribution in [2.75, 3.05) is 7.11 Å². The third-order valence-electron chi connectivity index (χ3n) is 16.8. The van der Waals surface area contributed by atoms with E-state index in [4.69, 9.17) is 56.1 Å². The zero-order valence-corrected chi connectivity index (χ0v) is 36.5. The van der Waals surface area contributed by atoms with Gasteiger partial charge in [-0.2, -0.15) is 4.33 Å². The van der Waals surface area contributed by atoms with E-state index in [-0.39, 0.29) is 59.8 Å². The number of carbonyl (C=O) groups excluding carboxylic acids is 1. The molecule has 10 aliphatic rings. The van der Waals surface area contributed by atoms with E-state index in [9.17, 15) is 4.79 Å². The Kier molecular flexibility index (Phi) is 11.2. The predicted molar refractivity (Wildman–Crippen MR) is 218 cm³/mol. The van der Waals surface area contributed by atoms with Crippen LogP contribution in [0.4, 0.5) is 0 Å². The van der Waals surface area contributed by atoms with Gasteiger partial charge in [-0.3, -0.25) is 4.79 Å². The van der Waals surface area contributed by atoms with Crippen LogP contribution in [0.5, 0.6) is 0 Å². The number of carbonyl (C=O) groups is 1. The van der Waals surface area contributed by atoms with Crippen LogP contribution in [-0.4, -0.2) is 60.1 Å². The fourth-order valence-corrected chi connectivity index (χ4v) is 13.8. The monoisotopic (exact) mass is 822 g/mol. The molecule has 17 atom stereocenters. The number of ketones is 1. The van der Waals surface area contributed by atoms with Gasteiger partial charge in [0.1, 0.15) is 11.2 Å². The lowest BCUT2D eigenvalue weighted by molar-refractivity contribution is -0.571. The number of fused-ring (bicyclic) bond motifs is 4. The minimum absolute atomic E-state index is 0.0419. The molecule has 0 amide bonds. The first kappa shape index (κ1) is 41.7. The molecular weight excluding hydrogens is 757 g/mol. The van der Waals surface area contributed by atoms with Crippen LogP contribution < -0.4 is 0 Å². The number of hydrogen-bond acceptors (Lipinski definition) is 11. The van der Waals surface area contributed by atoms with Crippen LogP contribution in [0.15, 0.2) is 53.5 Å². The average molecular weight is 823 g/mol. The first-order valence-corrected chi connectivity index (χ1v) is 23.0. The van der Waals surface area contributed by atoms with Crippen LogP contribution in [0, 0.1) is 53.3 Å². The molecule has 3 aliphatic carbocycles. The first-order valence-electron chi connectivity index (χ1n) is 22.3. The minimum atomic E-state index is -0.844. The zero-order chi connectivity index (χ0) is 40.8. The van der Waals surface area contributed by atoms with E-state index in [0.29, 0.717) is 48.0 Å². The average Bonchev–Trinajstić information content (AvgIpc) is 3.58. The van der Waals surface area contributed by atoms with E-state index in [0.717, 1.165) is 79.5 Å². The molecule has 320 valence electrons. The maximum Gasteiger partial charge on any atom is 0.201 e. The molecule has 1 aromatic rings. The quantitative estimate of drug-likeness (QED) is 0.0662. The van der Waals surface area contributed by atoms with Crippen molar-refractivity contribution in [1.29, 1.82) is 0 Å². The number of benzene rings is 1. The molecular formula is C47H66O10S. The highest BCUT2D eigenvalue weighted by molar-refractivity contribution is 7.94. The Labute approximate surface area is 349 Å². The molecule has 10 fully saturated rings. The van der Waals surface area contributed by atoms with Crippen LogP contribution in [-0.2, 0) is 43.0 Å². The highest BCUT2D eigenvalue weighted by atomic mass is 32.2. The van der Waals surface area contributed by atoms with E-state index in [1.54, 1.807) is 0 Å². The molecule has 10 nitrogen and oxygen atoms in total. The van der Waals surface area contributed by atoms with Crippen molar-refractivity contribution in [1.82, 2.24) is 0 Å². The summed E-state index contributed by atoms with van der Waals surface area (Å²) in [4.78, 5) is 45.3. The normalized spacial score (nSPS) is 46.9. The molecule has 7 saturated heterocycles. The Balaban J connectivity index is 0.976. The molecule has 7 heterocycles. The number of hydrogen-bond donors (Lipinski definition) is 0. The van der Waals surface area contributed by atoms with Crippen LogP contribution in [0.3, 0.4) is 0 Å². The summed E-state index contributed by atoms with van der Waals surface area (Å²) in [5.74, 6) is 1.61. The van der Waals surface area contributed by atoms with Gasteiger partial charge in [0.15, 0.2) is 17.7 Å². The number of Topliss-reactive ketones (excluding diaryl/α,β-unsaturated/α-hetero) is 1. The molecule has 0 radical (unpaired) electrons. The first-order chi connectivity index (χ1) is 27.7. The van der Waals surface area contributed by atoms with Crippen LogP contribution >= 0.6 is 12.0 Å². The molecule has 58 heavy (non-hydrogen) atoms. The zero-order valence-electron chi connectivity index (χ0n) is 35.7. The van der Waals surface area contributed by atoms with Crippen LogP contribution in [0.1, 0.15) is 129 Å². The van der Waals surface area contributed by atoms with Gasteiger partial charge in [0, 0.05) is 41.6 Å². The Morgan fingerprint density at radius 1 is 0.776 bits per heavy atom. The van der Waals surface area contributed by atoms with Gasteiger partial charge in [0.2, 0.25) is 5.79 Å². The van der Waals surface area contributed by atoms with E-state index < -0.39 is 23.3 Å². The standard InChI is InChI=1S/C47H66O10S/c1-26-10-16-37-30(5)40(50-42-25-44(7)20-18-35(26)46(37,42)55-53-44)22-28(3)34(24-39(48)32-12-14-33(15-13-32)58-57-49-9)29(4)23-41-31(6)38-17-11-27(2)36-19-21-45(8)52-43(51-41)47(36,38)56-54-45/h12-15,26-27,30-31,34-38,40-43H,3-4,10-11,16-25H2,1-2,5-9H3/t26-,27-,30-,31-,34?,35+,36+,37+,38+,40-,41-,42-,43?,44+,45+,46-,47-/m1/s1. The lowest BCUT2D eigenvalue weighted by atomic mass is 9.55. The molecule has 11 heteroatoms. The summed E-state index contributed by atoms with van der Waals surface area (Å²) in [6.07, 6.45) is 9.82. The summed E-state index contributed by atoms with van der Waals surface area (Å²) in [7, 11) is 1.47. The molecule has 0 aromatic heterocycles. The summed E-state index contributed by atoms with van der Waals surface area (Å²) >= 11 is 1.11. The third-order valence-corrected chi connectivity index (χ3v) is 17.5. The molecule has 1 aromatic carbocycles. The SMILES string of the molecule is C=C(C[C@H]1OC2O[C@]3(C)CC[C@H]4[C@H](C)CC[C@@H]([C@H]1C)[C@@]24OO3)C(CC(=O)c1ccc(SOOC)cc1)C(=C)C[C@H]1O[C@@H]2C[C@]3(C)CC[C@H]4[C@H](C)CC[C@@H]([C@H]1C)[C@@]24OO3. The van der Waals surface area contributed by atoms with E-state index >= 15 is 0 Å². The Hall–Kier alpha value is -1.64. The van der Waals surface area contributed by atoms with Gasteiger partial charge in [-0.1, -0.05) is 64.1 Å². The molecule has 0 N–H and O–H groups in total. The van der Waals surface area contributed by atoms with Gasteiger partial charge in [0.25, 0.3) is 0 Å². The Morgan fingerprint density at radius 3 is 2.05 bits per heavy atom. The van der Waals surface area contributed by atoms with Gasteiger partial charge in [0.05, 0.1) is 37.5 Å². The fourth-order valence-electron chi connectivity index (χ4n) is 13.4. The highest BCUT2D eigenvalue weighted by Crippen LogP contribution is 2.63. The molecule has 7 aliphatic heterocycles. The van der Waals surface area contributed by atoms with Crippen molar-refractivity contribution in [3.8, 4) is 0 Å². The van der Waals surface area contributed by atoms with Crippen molar-refractivity contribution < 1.29 is 47.8 Å². The van der Waals surface area contributed by atoms with Crippen molar-refractivity contribution in [3.05, 3.63) is 54.1 Å². The van der Waals surface area contributed by atoms with Crippen molar-refractivity contribution >= 4 is 17.8 Å². The van der Waals surface area contributed by atoms with Gasteiger partial charge in [-0.15, -0.1) is 0 Å². The van der Waals surface area contributed by atoms with Crippen molar-refractivity contribution in [2.24, 2.45) is 53.3 Å². The Morgan fingerprint density at radius 2 is 1.38 bits per heavy atom. The molecule has 2 spiro atoms. The summed E-state index contributed by atoms with van der Waals surface area (Å²) in [6.45, 7) is 23.1. The molecule has 2 unspecified atom stereocenters. The van der Waals surface area contributed by atoms with Gasteiger partial charge in [-0.05, 0) is 125 Å². The maximum absolute atomic E-state index is 14.3. The Bertz CT molecular complexity index is 1650. The van der Waals surface area contributed by atoms with Gasteiger partial charge < -0.3 is 14.2 Å². The maximum atomic E-state index is 14.3. The lowest BCUT2D eigenvalue weighted by Gasteiger charge is -2.61. The molecule has 4 bridgehead atoms. The third kappa shape index (κ3) is 6.85. The summed E-state index contributed by atoms with van der Waals surface area (Å²) in [6, 6.07) is 7.48. The highest BCUT2D eigenvalue weighted by Gasteiger charge is 2.70. The second kappa shape index (κ2) is 15.6. The van der Waals surface area contributed by atoms with Gasteiger partial charge in [-0.25, -0.2) is 24.4 Å². The fraction of sp³-hybridized carbons (Fsp3) is 0.766. The largest absolute Gasteiger partial charge is 0.371 e. The van der Waals surface area contributed by atoms with Crippen molar-refractivity contribution in [3.63, 3.8) is 0 Å². The van der Waals surface area contributed by atoms with Crippen molar-refractivity contribution in [2.45, 2.75) is 171 Å². The lowest BCUT2D eigenvalue weighted by Crippen LogP contribution is -2.70. The van der Waals surface area contributed by atoms with Gasteiger partial charge >= 0.3 is 0 Å². The van der Waals surface area contributed by atoms with Crippen LogP contribution in [0.2, 0.25) is 0 Å². The number of ether oxygens (including phenoxy) is 3. The topological polar surface area (TPSA) is 100 Å². The smallest absolute Gasteiger partial charge is 0.201 e. The van der Waals surface area contributed by atoms with E-state index in [1.807, 2.05) is 31.2 Å². The summed E-state index contributed by atoms with van der Waals surface area (Å²) in [5.41, 5.74) is 1.17. The van der Waals surface area contributed by atoms with Crippen LogP contribution in [0.25, 0.3) is 0 Å². The summed E-state index contributed by atoms with van der Waals surface area (Å²) in [5, 5.41) is 0. The molecule has 11 rings (SSSR count). The summed E-state index contributed by atoms with van der Waals surface area (Å²) < 4.78 is 26.0. The van der Waals surface area contributed by atoms with E-state index in [1.165, 1.54) is 13.5 Å². The van der Waals surface area contributed by atoms with E-state index in [2.05, 4.69) is 34.6 Å².